The van der Waals surface area contributed by atoms with Crippen LogP contribution in [0.4, 0.5) is 16.2 Å². The molecule has 16 heavy (non-hydrogen) atoms. The van der Waals surface area contributed by atoms with Gasteiger partial charge in [-0.25, -0.2) is 15.2 Å². The highest BCUT2D eigenvalue weighted by Gasteiger charge is 2.16. The summed E-state index contributed by atoms with van der Waals surface area (Å²) < 4.78 is 13.6. The lowest BCUT2D eigenvalue weighted by atomic mass is 10.4. The van der Waals surface area contributed by atoms with Crippen molar-refractivity contribution in [2.24, 2.45) is 5.84 Å². The molecule has 0 atom stereocenters. The first kappa shape index (κ1) is 11.4. The molecule has 7 heteroatoms. The van der Waals surface area contributed by atoms with Crippen molar-refractivity contribution in [3.8, 4) is 0 Å². The maximum Gasteiger partial charge on any atom is 0.239 e. The Hall–Kier alpha value is -1.08. The van der Waals surface area contributed by atoms with Crippen molar-refractivity contribution >= 4 is 23.5 Å². The van der Waals surface area contributed by atoms with Crippen molar-refractivity contribution in [1.82, 2.24) is 9.97 Å². The Balaban J connectivity index is 2.22. The first-order valence-electron chi connectivity index (χ1n) is 5.13. The molecule has 0 unspecified atom stereocenters. The standard InChI is InChI=1S/C9H14FN5S/c10-7-6-12-9(14-11)13-8(7)15-2-1-4-16-5-3-15/h6H,1-5,11H2,(H,12,13,14). The summed E-state index contributed by atoms with van der Waals surface area (Å²) in [5, 5.41) is 0. The summed E-state index contributed by atoms with van der Waals surface area (Å²) in [7, 11) is 0. The molecule has 1 fully saturated rings. The molecule has 1 saturated heterocycles. The van der Waals surface area contributed by atoms with Crippen molar-refractivity contribution in [1.29, 1.82) is 0 Å². The van der Waals surface area contributed by atoms with Gasteiger partial charge in [0.05, 0.1) is 6.20 Å². The van der Waals surface area contributed by atoms with Crippen molar-refractivity contribution in [2.75, 3.05) is 34.9 Å². The summed E-state index contributed by atoms with van der Waals surface area (Å²) >= 11 is 1.88. The Bertz CT molecular complexity index is 354. The molecule has 1 aliphatic heterocycles. The quantitative estimate of drug-likeness (QED) is 0.593. The van der Waals surface area contributed by atoms with Crippen LogP contribution in [0.25, 0.3) is 0 Å². The van der Waals surface area contributed by atoms with Crippen LogP contribution in [-0.4, -0.2) is 34.6 Å². The Morgan fingerprint density at radius 1 is 1.44 bits per heavy atom. The summed E-state index contributed by atoms with van der Waals surface area (Å²) in [6.45, 7) is 1.63. The number of hydrogen-bond donors (Lipinski definition) is 2. The third-order valence-electron chi connectivity index (χ3n) is 2.38. The third kappa shape index (κ3) is 2.53. The van der Waals surface area contributed by atoms with Gasteiger partial charge in [0.25, 0.3) is 0 Å². The molecule has 88 valence electrons. The van der Waals surface area contributed by atoms with Gasteiger partial charge >= 0.3 is 0 Å². The van der Waals surface area contributed by atoms with Crippen LogP contribution in [-0.2, 0) is 0 Å². The van der Waals surface area contributed by atoms with Gasteiger partial charge in [0, 0.05) is 18.8 Å². The fraction of sp³-hybridized carbons (Fsp3) is 0.556. The van der Waals surface area contributed by atoms with Gasteiger partial charge in [0.15, 0.2) is 11.6 Å². The summed E-state index contributed by atoms with van der Waals surface area (Å²) in [5.41, 5.74) is 2.33. The number of hydrazine groups is 1. The van der Waals surface area contributed by atoms with Gasteiger partial charge in [0.1, 0.15) is 0 Å². The van der Waals surface area contributed by atoms with Crippen LogP contribution in [0.2, 0.25) is 0 Å². The lowest BCUT2D eigenvalue weighted by molar-refractivity contribution is 0.603. The predicted octanol–water partition coefficient (Wildman–Crippen LogP) is 0.845. The highest BCUT2D eigenvalue weighted by molar-refractivity contribution is 7.99. The molecule has 0 saturated carbocycles. The van der Waals surface area contributed by atoms with Gasteiger partial charge < -0.3 is 4.90 Å². The van der Waals surface area contributed by atoms with E-state index in [0.29, 0.717) is 5.82 Å². The van der Waals surface area contributed by atoms with E-state index in [0.717, 1.165) is 37.2 Å². The Kier molecular flexibility index (Phi) is 3.79. The number of halogens is 1. The van der Waals surface area contributed by atoms with Crippen LogP contribution >= 0.6 is 11.8 Å². The van der Waals surface area contributed by atoms with E-state index in [1.54, 1.807) is 0 Å². The average molecular weight is 243 g/mol. The third-order valence-corrected chi connectivity index (χ3v) is 3.43. The molecule has 1 aromatic rings. The second kappa shape index (κ2) is 5.31. The first-order valence-corrected chi connectivity index (χ1v) is 6.28. The van der Waals surface area contributed by atoms with Crippen molar-refractivity contribution in [3.05, 3.63) is 12.0 Å². The van der Waals surface area contributed by atoms with Crippen molar-refractivity contribution in [3.63, 3.8) is 0 Å². The van der Waals surface area contributed by atoms with Crippen LogP contribution < -0.4 is 16.2 Å². The number of hydrogen-bond acceptors (Lipinski definition) is 6. The van der Waals surface area contributed by atoms with Crippen molar-refractivity contribution < 1.29 is 4.39 Å². The van der Waals surface area contributed by atoms with Gasteiger partial charge in [-0.15, -0.1) is 0 Å². The second-order valence-electron chi connectivity index (χ2n) is 3.46. The number of nitrogen functional groups attached to an aromatic ring is 1. The first-order chi connectivity index (χ1) is 7.81. The fourth-order valence-corrected chi connectivity index (χ4v) is 2.49. The molecule has 1 aromatic heterocycles. The molecule has 0 aromatic carbocycles. The molecule has 5 nitrogen and oxygen atoms in total. The van der Waals surface area contributed by atoms with Crippen LogP contribution in [0.15, 0.2) is 6.20 Å². The SMILES string of the molecule is NNc1ncc(F)c(N2CCCSCC2)n1. The molecule has 0 aliphatic carbocycles. The predicted molar refractivity (Wildman–Crippen MR) is 64.0 cm³/mol. The normalized spacial score (nSPS) is 17.0. The lowest BCUT2D eigenvalue weighted by Gasteiger charge is -2.21. The Labute approximate surface area is 97.6 Å². The molecule has 0 amide bonds. The zero-order valence-electron chi connectivity index (χ0n) is 8.82. The van der Waals surface area contributed by atoms with Crippen LogP contribution in [0.5, 0.6) is 0 Å². The summed E-state index contributed by atoms with van der Waals surface area (Å²) in [6, 6.07) is 0. The van der Waals surface area contributed by atoms with Crippen molar-refractivity contribution in [2.45, 2.75) is 6.42 Å². The zero-order chi connectivity index (χ0) is 11.4. The summed E-state index contributed by atoms with van der Waals surface area (Å²) in [4.78, 5) is 9.71. The maximum absolute atomic E-state index is 13.6. The minimum absolute atomic E-state index is 0.244. The minimum atomic E-state index is -0.397. The Morgan fingerprint density at radius 2 is 2.31 bits per heavy atom. The molecule has 1 aliphatic rings. The highest BCUT2D eigenvalue weighted by atomic mass is 32.2. The van der Waals surface area contributed by atoms with E-state index in [-0.39, 0.29) is 5.95 Å². The van der Waals surface area contributed by atoms with Crippen LogP contribution in [0.3, 0.4) is 0 Å². The van der Waals surface area contributed by atoms with E-state index in [1.165, 1.54) is 0 Å². The zero-order valence-corrected chi connectivity index (χ0v) is 9.63. The van der Waals surface area contributed by atoms with Gasteiger partial charge in [-0.05, 0) is 12.2 Å². The number of rotatable bonds is 2. The van der Waals surface area contributed by atoms with E-state index in [1.807, 2.05) is 16.7 Å². The summed E-state index contributed by atoms with van der Waals surface area (Å²) in [6.07, 6.45) is 2.19. The smallest absolute Gasteiger partial charge is 0.239 e. The van der Waals surface area contributed by atoms with Gasteiger partial charge in [-0.1, -0.05) is 0 Å². The topological polar surface area (TPSA) is 67.1 Å². The average Bonchev–Trinajstić information content (AvgIpc) is 2.58. The van der Waals surface area contributed by atoms with Crippen LogP contribution in [0.1, 0.15) is 6.42 Å². The number of anilines is 2. The van der Waals surface area contributed by atoms with Gasteiger partial charge in [0.2, 0.25) is 5.95 Å². The van der Waals surface area contributed by atoms with Gasteiger partial charge in [-0.2, -0.15) is 16.7 Å². The maximum atomic E-state index is 13.6. The number of nitrogens with zero attached hydrogens (tertiary/aromatic N) is 3. The van der Waals surface area contributed by atoms with E-state index in [4.69, 9.17) is 5.84 Å². The molecule has 2 heterocycles. The highest BCUT2D eigenvalue weighted by Crippen LogP contribution is 2.20. The minimum Gasteiger partial charge on any atom is -0.353 e. The number of nitrogens with one attached hydrogen (secondary N) is 1. The number of thioether (sulfide) groups is 1. The van der Waals surface area contributed by atoms with Gasteiger partial charge in [-0.3, -0.25) is 5.43 Å². The second-order valence-corrected chi connectivity index (χ2v) is 4.69. The largest absolute Gasteiger partial charge is 0.353 e. The lowest BCUT2D eigenvalue weighted by Crippen LogP contribution is -2.28. The molecule has 0 bridgehead atoms. The molecule has 0 radical (unpaired) electrons. The molecule has 0 spiro atoms. The van der Waals surface area contributed by atoms with E-state index in [9.17, 15) is 4.39 Å². The monoisotopic (exact) mass is 243 g/mol. The van der Waals surface area contributed by atoms with E-state index >= 15 is 0 Å². The van der Waals surface area contributed by atoms with E-state index in [2.05, 4.69) is 15.4 Å². The molecular formula is C9H14FN5S. The Morgan fingerprint density at radius 3 is 3.12 bits per heavy atom. The molecule has 3 N–H and O–H groups in total. The fourth-order valence-electron chi connectivity index (χ4n) is 1.61. The molecule has 2 rings (SSSR count). The van der Waals surface area contributed by atoms with Crippen LogP contribution in [0, 0.1) is 5.82 Å². The number of aromatic nitrogens is 2. The number of nitrogens with two attached hydrogens (primary N) is 1. The summed E-state index contributed by atoms with van der Waals surface area (Å²) in [5.74, 6) is 7.51. The van der Waals surface area contributed by atoms with E-state index < -0.39 is 5.82 Å². The molecular weight excluding hydrogens is 229 g/mol.